The first-order valence-corrected chi connectivity index (χ1v) is 8.63. The van der Waals surface area contributed by atoms with Gasteiger partial charge in [0.1, 0.15) is 10.0 Å². The number of hydrogen-bond donors (Lipinski definition) is 1. The average Bonchev–Trinajstić information content (AvgIpc) is 2.99. The summed E-state index contributed by atoms with van der Waals surface area (Å²) in [4.78, 5) is 11.8. The van der Waals surface area contributed by atoms with Crippen LogP contribution in [0.2, 0.25) is 0 Å². The summed E-state index contributed by atoms with van der Waals surface area (Å²) in [5.74, 6) is 0.109. The molecular formula is C15H13N5OS2. The average molecular weight is 343 g/mol. The molecule has 3 aromatic rings. The van der Waals surface area contributed by atoms with Crippen LogP contribution in [0.1, 0.15) is 5.01 Å². The Hall–Kier alpha value is -2.32. The summed E-state index contributed by atoms with van der Waals surface area (Å²) < 4.78 is 0. The monoisotopic (exact) mass is 343 g/mol. The molecule has 1 N–H and O–H groups in total. The summed E-state index contributed by atoms with van der Waals surface area (Å²) in [7, 11) is 0. The van der Waals surface area contributed by atoms with Gasteiger partial charge in [-0.25, -0.2) is 0 Å². The highest BCUT2D eigenvalue weighted by Gasteiger charge is 2.08. The summed E-state index contributed by atoms with van der Waals surface area (Å²) in [6.45, 7) is 1.84. The molecule has 8 heteroatoms. The van der Waals surface area contributed by atoms with E-state index in [1.807, 2.05) is 49.4 Å². The smallest absolute Gasteiger partial charge is 0.236 e. The highest BCUT2D eigenvalue weighted by Crippen LogP contribution is 2.20. The van der Waals surface area contributed by atoms with Gasteiger partial charge >= 0.3 is 0 Å². The van der Waals surface area contributed by atoms with Crippen LogP contribution in [-0.4, -0.2) is 32.1 Å². The Balaban J connectivity index is 1.55. The maximum Gasteiger partial charge on any atom is 0.236 e. The Morgan fingerprint density at radius 1 is 1.09 bits per heavy atom. The van der Waals surface area contributed by atoms with Crippen LogP contribution in [-0.2, 0) is 4.79 Å². The van der Waals surface area contributed by atoms with E-state index in [2.05, 4.69) is 25.7 Å². The minimum atomic E-state index is -0.139. The molecule has 0 aliphatic rings. The summed E-state index contributed by atoms with van der Waals surface area (Å²) in [6.07, 6.45) is 0. The Morgan fingerprint density at radius 3 is 2.57 bits per heavy atom. The van der Waals surface area contributed by atoms with Crippen molar-refractivity contribution in [1.29, 1.82) is 0 Å². The molecule has 0 atom stereocenters. The van der Waals surface area contributed by atoms with E-state index in [9.17, 15) is 4.79 Å². The summed E-state index contributed by atoms with van der Waals surface area (Å²) >= 11 is 2.68. The van der Waals surface area contributed by atoms with Gasteiger partial charge in [-0.2, -0.15) is 0 Å². The molecule has 23 heavy (non-hydrogen) atoms. The Bertz CT molecular complexity index is 789. The van der Waals surface area contributed by atoms with Gasteiger partial charge < -0.3 is 0 Å². The van der Waals surface area contributed by atoms with E-state index in [-0.39, 0.29) is 11.7 Å². The standard InChI is InChI=1S/C15H13N5OS2/c1-10-17-20-15(23-10)16-13(21)9-22-14-8-7-12(18-19-14)11-5-3-2-4-6-11/h2-8H,9H2,1H3,(H,16,20,21). The van der Waals surface area contributed by atoms with Gasteiger partial charge in [-0.15, -0.1) is 20.4 Å². The Morgan fingerprint density at radius 2 is 1.91 bits per heavy atom. The number of thioether (sulfide) groups is 1. The Kier molecular flexibility index (Phi) is 4.94. The molecule has 0 aliphatic carbocycles. The van der Waals surface area contributed by atoms with Gasteiger partial charge in [0.05, 0.1) is 11.4 Å². The SMILES string of the molecule is Cc1nnc(NC(=O)CSc2ccc(-c3ccccc3)nn2)s1. The highest BCUT2D eigenvalue weighted by atomic mass is 32.2. The molecule has 0 fully saturated rings. The van der Waals surface area contributed by atoms with Crippen molar-refractivity contribution < 1.29 is 4.79 Å². The minimum Gasteiger partial charge on any atom is -0.300 e. The van der Waals surface area contributed by atoms with Crippen molar-refractivity contribution in [3.8, 4) is 11.3 Å². The third-order valence-electron chi connectivity index (χ3n) is 2.83. The van der Waals surface area contributed by atoms with Crippen molar-refractivity contribution in [2.75, 3.05) is 11.1 Å². The number of anilines is 1. The third kappa shape index (κ3) is 4.33. The van der Waals surface area contributed by atoms with E-state index < -0.39 is 0 Å². The zero-order chi connectivity index (χ0) is 16.1. The van der Waals surface area contributed by atoms with Gasteiger partial charge in [0.25, 0.3) is 0 Å². The molecule has 1 aromatic carbocycles. The number of aryl methyl sites for hydroxylation is 1. The second-order valence-corrected chi connectivity index (χ2v) is 6.76. The lowest BCUT2D eigenvalue weighted by Crippen LogP contribution is -2.14. The number of carbonyl (C=O) groups excluding carboxylic acids is 1. The van der Waals surface area contributed by atoms with Gasteiger partial charge in [-0.05, 0) is 19.1 Å². The highest BCUT2D eigenvalue weighted by molar-refractivity contribution is 7.99. The summed E-state index contributed by atoms with van der Waals surface area (Å²) in [5.41, 5.74) is 1.82. The van der Waals surface area contributed by atoms with Crippen LogP contribution in [0, 0.1) is 6.92 Å². The topological polar surface area (TPSA) is 80.7 Å². The molecule has 6 nitrogen and oxygen atoms in total. The Labute approximate surface area is 141 Å². The molecule has 0 unspecified atom stereocenters. The molecule has 3 rings (SSSR count). The lowest BCUT2D eigenvalue weighted by molar-refractivity contribution is -0.113. The first kappa shape index (κ1) is 15.6. The van der Waals surface area contributed by atoms with E-state index in [0.29, 0.717) is 10.2 Å². The lowest BCUT2D eigenvalue weighted by Gasteiger charge is -2.02. The van der Waals surface area contributed by atoms with Gasteiger partial charge in [-0.3, -0.25) is 10.1 Å². The van der Waals surface area contributed by atoms with Crippen molar-refractivity contribution >= 4 is 34.1 Å². The van der Waals surface area contributed by atoms with Gasteiger partial charge in [0, 0.05) is 5.56 Å². The van der Waals surface area contributed by atoms with E-state index in [4.69, 9.17) is 0 Å². The van der Waals surface area contributed by atoms with Crippen LogP contribution < -0.4 is 5.32 Å². The van der Waals surface area contributed by atoms with Crippen LogP contribution in [0.5, 0.6) is 0 Å². The number of carbonyl (C=O) groups is 1. The van der Waals surface area contributed by atoms with Crippen LogP contribution in [0.4, 0.5) is 5.13 Å². The maximum absolute atomic E-state index is 11.8. The van der Waals surface area contributed by atoms with Crippen molar-refractivity contribution in [2.24, 2.45) is 0 Å². The number of rotatable bonds is 5. The largest absolute Gasteiger partial charge is 0.300 e. The fraction of sp³-hybridized carbons (Fsp3) is 0.133. The quantitative estimate of drug-likeness (QED) is 0.717. The van der Waals surface area contributed by atoms with Crippen LogP contribution >= 0.6 is 23.1 Å². The summed E-state index contributed by atoms with van der Waals surface area (Å²) in [6, 6.07) is 13.6. The molecule has 0 saturated carbocycles. The summed E-state index contributed by atoms with van der Waals surface area (Å²) in [5, 5.41) is 20.8. The molecule has 0 radical (unpaired) electrons. The second-order valence-electron chi connectivity index (χ2n) is 4.59. The number of aromatic nitrogens is 4. The van der Waals surface area contributed by atoms with Crippen molar-refractivity contribution in [3.05, 3.63) is 47.5 Å². The van der Waals surface area contributed by atoms with Crippen molar-refractivity contribution in [3.63, 3.8) is 0 Å². The predicted octanol–water partition coefficient (Wildman–Crippen LogP) is 3.03. The van der Waals surface area contributed by atoms with E-state index in [1.165, 1.54) is 23.1 Å². The number of nitrogens with zero attached hydrogens (tertiary/aromatic N) is 4. The maximum atomic E-state index is 11.8. The zero-order valence-corrected chi connectivity index (χ0v) is 13.9. The third-order valence-corrected chi connectivity index (χ3v) is 4.51. The lowest BCUT2D eigenvalue weighted by atomic mass is 10.1. The van der Waals surface area contributed by atoms with E-state index >= 15 is 0 Å². The molecule has 0 spiro atoms. The van der Waals surface area contributed by atoms with Gasteiger partial charge in [0.15, 0.2) is 0 Å². The van der Waals surface area contributed by atoms with Crippen LogP contribution in [0.3, 0.4) is 0 Å². The van der Waals surface area contributed by atoms with Gasteiger partial charge in [-0.1, -0.05) is 53.4 Å². The van der Waals surface area contributed by atoms with Crippen LogP contribution in [0.15, 0.2) is 47.5 Å². The number of benzene rings is 1. The number of amides is 1. The first-order valence-electron chi connectivity index (χ1n) is 6.82. The number of nitrogens with one attached hydrogen (secondary N) is 1. The van der Waals surface area contributed by atoms with E-state index in [0.717, 1.165) is 16.3 Å². The predicted molar refractivity (Wildman–Crippen MR) is 91.5 cm³/mol. The van der Waals surface area contributed by atoms with Gasteiger partial charge in [0.2, 0.25) is 11.0 Å². The minimum absolute atomic E-state index is 0.139. The fourth-order valence-corrected chi connectivity index (χ4v) is 3.02. The molecular weight excluding hydrogens is 330 g/mol. The molecule has 0 aliphatic heterocycles. The fourth-order valence-electron chi connectivity index (χ4n) is 1.80. The molecule has 2 heterocycles. The van der Waals surface area contributed by atoms with Crippen molar-refractivity contribution in [1.82, 2.24) is 20.4 Å². The first-order chi connectivity index (χ1) is 11.2. The molecule has 2 aromatic heterocycles. The number of hydrogen-bond acceptors (Lipinski definition) is 7. The molecule has 0 bridgehead atoms. The second kappa shape index (κ2) is 7.30. The van der Waals surface area contributed by atoms with Crippen molar-refractivity contribution in [2.45, 2.75) is 11.9 Å². The van der Waals surface area contributed by atoms with E-state index in [1.54, 1.807) is 0 Å². The normalized spacial score (nSPS) is 10.5. The molecule has 1 amide bonds. The van der Waals surface area contributed by atoms with Crippen LogP contribution in [0.25, 0.3) is 11.3 Å². The zero-order valence-electron chi connectivity index (χ0n) is 12.3. The molecule has 0 saturated heterocycles. The molecule has 116 valence electrons.